The monoisotopic (exact) mass is 312 g/mol. The average Bonchev–Trinajstić information content (AvgIpc) is 3.14. The number of benzene rings is 1. The number of nitrogens with zero attached hydrogens (tertiary/aromatic N) is 3. The first-order valence-corrected chi connectivity index (χ1v) is 8.29. The van der Waals surface area contributed by atoms with Crippen LogP contribution < -0.4 is 10.2 Å². The number of ether oxygens (including phenoxy) is 1. The van der Waals surface area contributed by atoms with Gasteiger partial charge in [0.2, 0.25) is 0 Å². The van der Waals surface area contributed by atoms with Crippen molar-refractivity contribution >= 4 is 11.6 Å². The number of anilines is 2. The molecular weight excluding hydrogens is 288 g/mol. The first-order chi connectivity index (χ1) is 11.4. The normalized spacial score (nSPS) is 14.2. The van der Waals surface area contributed by atoms with Gasteiger partial charge in [0.15, 0.2) is 5.82 Å². The van der Waals surface area contributed by atoms with Crippen LogP contribution in [0.25, 0.3) is 11.4 Å². The van der Waals surface area contributed by atoms with Crippen LogP contribution in [-0.2, 0) is 4.74 Å². The van der Waals surface area contributed by atoms with Gasteiger partial charge in [-0.1, -0.05) is 30.3 Å². The Hall–Kier alpha value is -2.14. The zero-order valence-electron chi connectivity index (χ0n) is 13.7. The van der Waals surface area contributed by atoms with Gasteiger partial charge >= 0.3 is 0 Å². The molecule has 5 heteroatoms. The summed E-state index contributed by atoms with van der Waals surface area (Å²) in [6, 6.07) is 12.2. The molecule has 0 saturated carbocycles. The van der Waals surface area contributed by atoms with Crippen molar-refractivity contribution in [3.63, 3.8) is 0 Å². The second-order valence-electron chi connectivity index (χ2n) is 5.77. The van der Waals surface area contributed by atoms with E-state index in [-0.39, 0.29) is 0 Å². The molecule has 1 aromatic heterocycles. The van der Waals surface area contributed by atoms with Crippen LogP contribution in [0, 0.1) is 0 Å². The Bertz CT molecular complexity index is 612. The Labute approximate surface area is 137 Å². The highest BCUT2D eigenvalue weighted by atomic mass is 16.5. The van der Waals surface area contributed by atoms with Crippen molar-refractivity contribution in [1.82, 2.24) is 9.97 Å². The summed E-state index contributed by atoms with van der Waals surface area (Å²) in [5, 5.41) is 3.40. The maximum absolute atomic E-state index is 5.10. The molecule has 1 aliphatic heterocycles. The van der Waals surface area contributed by atoms with Crippen molar-refractivity contribution in [2.45, 2.75) is 19.3 Å². The number of aromatic nitrogens is 2. The van der Waals surface area contributed by atoms with Crippen molar-refractivity contribution < 1.29 is 4.74 Å². The van der Waals surface area contributed by atoms with Gasteiger partial charge in [-0.05, 0) is 19.3 Å². The molecule has 2 aromatic rings. The summed E-state index contributed by atoms with van der Waals surface area (Å²) in [7, 11) is 1.73. The van der Waals surface area contributed by atoms with E-state index in [1.54, 1.807) is 7.11 Å². The fourth-order valence-electron chi connectivity index (χ4n) is 2.78. The first kappa shape index (κ1) is 15.7. The van der Waals surface area contributed by atoms with Gasteiger partial charge in [-0.2, -0.15) is 0 Å². The molecular formula is C18H24N4O. The lowest BCUT2D eigenvalue weighted by atomic mass is 10.2. The molecule has 1 saturated heterocycles. The van der Waals surface area contributed by atoms with E-state index >= 15 is 0 Å². The van der Waals surface area contributed by atoms with Crippen LogP contribution in [0.5, 0.6) is 0 Å². The summed E-state index contributed by atoms with van der Waals surface area (Å²) in [5.74, 6) is 2.69. The van der Waals surface area contributed by atoms with E-state index in [4.69, 9.17) is 9.72 Å². The van der Waals surface area contributed by atoms with Crippen molar-refractivity contribution in [1.29, 1.82) is 0 Å². The molecule has 0 spiro atoms. The van der Waals surface area contributed by atoms with Crippen LogP contribution in [0.4, 0.5) is 11.6 Å². The highest BCUT2D eigenvalue weighted by Crippen LogP contribution is 2.24. The third-order valence-electron chi connectivity index (χ3n) is 4.01. The molecule has 1 N–H and O–H groups in total. The predicted octanol–water partition coefficient (Wildman–Crippen LogP) is 3.19. The van der Waals surface area contributed by atoms with Crippen molar-refractivity contribution in [3.05, 3.63) is 36.4 Å². The van der Waals surface area contributed by atoms with Gasteiger partial charge in [-0.15, -0.1) is 0 Å². The van der Waals surface area contributed by atoms with Crippen LogP contribution in [0.15, 0.2) is 36.4 Å². The molecule has 2 heterocycles. The smallest absolute Gasteiger partial charge is 0.163 e. The Morgan fingerprint density at radius 2 is 1.91 bits per heavy atom. The molecule has 0 aliphatic carbocycles. The average molecular weight is 312 g/mol. The highest BCUT2D eigenvalue weighted by molar-refractivity contribution is 5.61. The molecule has 0 bridgehead atoms. The second kappa shape index (κ2) is 7.92. The molecule has 0 radical (unpaired) electrons. The number of hydrogen-bond donors (Lipinski definition) is 1. The van der Waals surface area contributed by atoms with E-state index in [1.807, 2.05) is 18.2 Å². The summed E-state index contributed by atoms with van der Waals surface area (Å²) in [4.78, 5) is 11.8. The maximum Gasteiger partial charge on any atom is 0.163 e. The summed E-state index contributed by atoms with van der Waals surface area (Å²) in [6.07, 6.45) is 3.43. The minimum atomic E-state index is 0.753. The number of rotatable bonds is 7. The van der Waals surface area contributed by atoms with E-state index in [1.165, 1.54) is 12.8 Å². The van der Waals surface area contributed by atoms with Gasteiger partial charge in [0.25, 0.3) is 0 Å². The summed E-state index contributed by atoms with van der Waals surface area (Å²) >= 11 is 0. The van der Waals surface area contributed by atoms with E-state index in [9.17, 15) is 0 Å². The van der Waals surface area contributed by atoms with Crippen LogP contribution in [0.3, 0.4) is 0 Å². The summed E-state index contributed by atoms with van der Waals surface area (Å²) in [5.41, 5.74) is 1.05. The highest BCUT2D eigenvalue weighted by Gasteiger charge is 2.16. The van der Waals surface area contributed by atoms with E-state index in [0.717, 1.165) is 55.7 Å². The first-order valence-electron chi connectivity index (χ1n) is 8.29. The van der Waals surface area contributed by atoms with E-state index < -0.39 is 0 Å². The third kappa shape index (κ3) is 4.20. The standard InChI is InChI=1S/C18H24N4O/c1-23-13-7-10-19-16-14-17(22-11-5-6-12-22)21-18(20-16)15-8-3-2-4-9-15/h2-4,8-9,14H,5-7,10-13H2,1H3,(H,19,20,21). The Kier molecular flexibility index (Phi) is 5.42. The molecule has 5 nitrogen and oxygen atoms in total. The van der Waals surface area contributed by atoms with Gasteiger partial charge in [-0.25, -0.2) is 9.97 Å². The van der Waals surface area contributed by atoms with Gasteiger partial charge in [0, 0.05) is 45.0 Å². The summed E-state index contributed by atoms with van der Waals surface area (Å²) in [6.45, 7) is 3.75. The van der Waals surface area contributed by atoms with E-state index in [0.29, 0.717) is 0 Å². The van der Waals surface area contributed by atoms with Crippen molar-refractivity contribution in [2.75, 3.05) is 43.6 Å². The van der Waals surface area contributed by atoms with Crippen LogP contribution in [-0.4, -0.2) is 43.3 Å². The van der Waals surface area contributed by atoms with Gasteiger partial charge in [-0.3, -0.25) is 0 Å². The molecule has 122 valence electrons. The fourth-order valence-corrected chi connectivity index (χ4v) is 2.78. The minimum Gasteiger partial charge on any atom is -0.385 e. The summed E-state index contributed by atoms with van der Waals surface area (Å²) < 4.78 is 5.10. The Balaban J connectivity index is 1.84. The predicted molar refractivity (Wildman–Crippen MR) is 93.9 cm³/mol. The fraction of sp³-hybridized carbons (Fsp3) is 0.444. The number of hydrogen-bond acceptors (Lipinski definition) is 5. The molecule has 1 aliphatic rings. The quantitative estimate of drug-likeness (QED) is 0.796. The SMILES string of the molecule is COCCCNc1cc(N2CCCC2)nc(-c2ccccc2)n1. The van der Waals surface area contributed by atoms with Crippen LogP contribution in [0.1, 0.15) is 19.3 Å². The van der Waals surface area contributed by atoms with Gasteiger partial charge in [0.05, 0.1) is 0 Å². The largest absolute Gasteiger partial charge is 0.385 e. The molecule has 1 aromatic carbocycles. The van der Waals surface area contributed by atoms with Gasteiger partial charge in [0.1, 0.15) is 11.6 Å². The van der Waals surface area contributed by atoms with Gasteiger partial charge < -0.3 is 15.0 Å². The lowest BCUT2D eigenvalue weighted by Crippen LogP contribution is -2.20. The maximum atomic E-state index is 5.10. The van der Waals surface area contributed by atoms with E-state index in [2.05, 4.69) is 33.4 Å². The third-order valence-corrected chi connectivity index (χ3v) is 4.01. The van der Waals surface area contributed by atoms with Crippen molar-refractivity contribution in [2.24, 2.45) is 0 Å². The topological polar surface area (TPSA) is 50.3 Å². The molecule has 1 fully saturated rings. The zero-order chi connectivity index (χ0) is 15.9. The molecule has 0 amide bonds. The molecule has 0 atom stereocenters. The minimum absolute atomic E-state index is 0.753. The molecule has 3 rings (SSSR count). The van der Waals surface area contributed by atoms with Crippen molar-refractivity contribution in [3.8, 4) is 11.4 Å². The molecule has 0 unspecified atom stereocenters. The number of nitrogens with one attached hydrogen (secondary N) is 1. The lowest BCUT2D eigenvalue weighted by molar-refractivity contribution is 0.198. The zero-order valence-corrected chi connectivity index (χ0v) is 13.7. The second-order valence-corrected chi connectivity index (χ2v) is 5.77. The lowest BCUT2D eigenvalue weighted by Gasteiger charge is -2.18. The number of methoxy groups -OCH3 is 1. The molecule has 23 heavy (non-hydrogen) atoms. The van der Waals surface area contributed by atoms with Crippen LogP contribution >= 0.6 is 0 Å². The Morgan fingerprint density at radius 1 is 1.13 bits per heavy atom. The Morgan fingerprint density at radius 3 is 2.65 bits per heavy atom. The van der Waals surface area contributed by atoms with Crippen LogP contribution in [0.2, 0.25) is 0 Å².